The van der Waals surface area contributed by atoms with Gasteiger partial charge in [0.25, 0.3) is 0 Å². The zero-order valence-corrected chi connectivity index (χ0v) is 18.0. The number of ether oxygens (including phenoxy) is 3. The van der Waals surface area contributed by atoms with Crippen molar-refractivity contribution in [2.24, 2.45) is 23.7 Å². The Balaban J connectivity index is 1.73. The summed E-state index contributed by atoms with van der Waals surface area (Å²) in [4.78, 5) is 29.1. The van der Waals surface area contributed by atoms with Crippen molar-refractivity contribution in [1.29, 1.82) is 0 Å². The van der Waals surface area contributed by atoms with E-state index in [1.807, 2.05) is 6.92 Å². The number of carbonyl (C=O) groups excluding carboxylic acids is 2. The molecule has 0 amide bonds. The van der Waals surface area contributed by atoms with Crippen LogP contribution in [0.15, 0.2) is 24.4 Å². The van der Waals surface area contributed by atoms with Gasteiger partial charge in [0, 0.05) is 18.5 Å². The number of carbonyl (C=O) groups is 2. The van der Waals surface area contributed by atoms with Gasteiger partial charge in [-0.15, -0.1) is 0 Å². The third-order valence-electron chi connectivity index (χ3n) is 7.66. The molecule has 0 aromatic carbocycles. The highest BCUT2D eigenvalue weighted by Crippen LogP contribution is 2.63. The molecule has 1 aromatic heterocycles. The molecule has 4 rings (SSSR count). The molecular weight excluding hydrogens is 386 g/mol. The molecule has 1 saturated carbocycles. The van der Waals surface area contributed by atoms with Gasteiger partial charge in [0.1, 0.15) is 35.7 Å². The SMILES string of the molecule is CC(C)C12C[C@@H](OC(=O)CO)[C@@](C)(O1)[C@@H]1CC[C@@H](C)[C@H]1[C@@H]2OC(=O)c1ccccn1. The number of fused-ring (bicyclic) bond motifs is 4. The molecule has 1 unspecified atom stereocenters. The highest BCUT2D eigenvalue weighted by molar-refractivity contribution is 5.87. The Bertz CT molecular complexity index is 813. The number of rotatable bonds is 5. The highest BCUT2D eigenvalue weighted by Gasteiger charge is 2.72. The third kappa shape index (κ3) is 3.14. The van der Waals surface area contributed by atoms with E-state index in [2.05, 4.69) is 25.8 Å². The summed E-state index contributed by atoms with van der Waals surface area (Å²) in [5.41, 5.74) is -1.16. The molecule has 7 heteroatoms. The van der Waals surface area contributed by atoms with E-state index in [0.717, 1.165) is 12.8 Å². The fraction of sp³-hybridized carbons (Fsp3) is 0.696. The van der Waals surface area contributed by atoms with Gasteiger partial charge in [-0.2, -0.15) is 0 Å². The second kappa shape index (κ2) is 7.61. The Morgan fingerprint density at radius 2 is 2.07 bits per heavy atom. The summed E-state index contributed by atoms with van der Waals surface area (Å²) in [7, 11) is 0. The maximum absolute atomic E-state index is 13.0. The first kappa shape index (κ1) is 21.2. The van der Waals surface area contributed by atoms with Gasteiger partial charge in [0.05, 0.1) is 0 Å². The Labute approximate surface area is 177 Å². The lowest BCUT2D eigenvalue weighted by atomic mass is 9.69. The molecule has 3 fully saturated rings. The standard InChI is InChI=1S/C23H31NO6/c1-13(2)23-11-17(28-18(26)12-25)22(4,30-23)15-9-8-14(3)19(15)20(23)29-21(27)16-7-5-6-10-24-16/h5-7,10,13-15,17,19-20,25H,8-9,11-12H2,1-4H3/t14-,15-,17-,19-,20+,22+,23?/m1/s1. The summed E-state index contributed by atoms with van der Waals surface area (Å²) < 4.78 is 18.6. The second-order valence-electron chi connectivity index (χ2n) is 9.52. The first-order valence-electron chi connectivity index (χ1n) is 10.9. The fourth-order valence-electron chi connectivity index (χ4n) is 6.10. The van der Waals surface area contributed by atoms with Gasteiger partial charge >= 0.3 is 11.9 Å². The second-order valence-corrected chi connectivity index (χ2v) is 9.52. The fourth-order valence-corrected chi connectivity index (χ4v) is 6.10. The van der Waals surface area contributed by atoms with E-state index in [-0.39, 0.29) is 23.4 Å². The summed E-state index contributed by atoms with van der Waals surface area (Å²) in [6, 6.07) is 5.17. The molecule has 2 bridgehead atoms. The van der Waals surface area contributed by atoms with Gasteiger partial charge < -0.3 is 19.3 Å². The minimum absolute atomic E-state index is 0.0323. The van der Waals surface area contributed by atoms with Crippen LogP contribution in [0.5, 0.6) is 0 Å². The zero-order chi connectivity index (χ0) is 21.7. The van der Waals surface area contributed by atoms with Crippen molar-refractivity contribution in [1.82, 2.24) is 4.98 Å². The van der Waals surface area contributed by atoms with Crippen molar-refractivity contribution in [3.8, 4) is 0 Å². The molecule has 0 radical (unpaired) electrons. The van der Waals surface area contributed by atoms with Crippen LogP contribution >= 0.6 is 0 Å². The molecule has 0 spiro atoms. The van der Waals surface area contributed by atoms with E-state index in [1.54, 1.807) is 24.4 Å². The topological polar surface area (TPSA) is 95.0 Å². The van der Waals surface area contributed by atoms with Gasteiger partial charge in [0.2, 0.25) is 0 Å². The number of nitrogens with zero attached hydrogens (tertiary/aromatic N) is 1. The Kier molecular flexibility index (Phi) is 5.39. The molecule has 1 aromatic rings. The third-order valence-corrected chi connectivity index (χ3v) is 7.66. The van der Waals surface area contributed by atoms with Crippen LogP contribution in [0.4, 0.5) is 0 Å². The van der Waals surface area contributed by atoms with E-state index in [4.69, 9.17) is 14.2 Å². The van der Waals surface area contributed by atoms with E-state index >= 15 is 0 Å². The Morgan fingerprint density at radius 1 is 1.30 bits per heavy atom. The van der Waals surface area contributed by atoms with Crippen LogP contribution in [0.2, 0.25) is 0 Å². The number of aliphatic hydroxyl groups is 1. The van der Waals surface area contributed by atoms with Crippen molar-refractivity contribution < 1.29 is 28.9 Å². The maximum atomic E-state index is 13.0. The van der Waals surface area contributed by atoms with Gasteiger partial charge in [-0.05, 0) is 49.7 Å². The molecule has 164 valence electrons. The van der Waals surface area contributed by atoms with Crippen LogP contribution in [0.3, 0.4) is 0 Å². The summed E-state index contributed by atoms with van der Waals surface area (Å²) in [5.74, 6) is -0.519. The van der Waals surface area contributed by atoms with E-state index in [0.29, 0.717) is 12.3 Å². The lowest BCUT2D eigenvalue weighted by Gasteiger charge is -2.52. The smallest absolute Gasteiger partial charge is 0.357 e. The zero-order valence-electron chi connectivity index (χ0n) is 18.0. The Morgan fingerprint density at radius 3 is 2.70 bits per heavy atom. The minimum Gasteiger partial charge on any atom is -0.457 e. The molecule has 2 aliphatic heterocycles. The van der Waals surface area contributed by atoms with Crippen molar-refractivity contribution in [2.45, 2.75) is 70.4 Å². The van der Waals surface area contributed by atoms with Gasteiger partial charge in [-0.1, -0.05) is 26.8 Å². The Hall–Kier alpha value is -1.99. The van der Waals surface area contributed by atoms with E-state index in [1.165, 1.54) is 0 Å². The van der Waals surface area contributed by atoms with Crippen LogP contribution in [-0.4, -0.2) is 52.0 Å². The van der Waals surface area contributed by atoms with Gasteiger partial charge in [-0.25, -0.2) is 14.6 Å². The number of hydrogen-bond acceptors (Lipinski definition) is 7. The summed E-state index contributed by atoms with van der Waals surface area (Å²) in [5, 5.41) is 9.23. The number of pyridine rings is 1. The normalized spacial score (nSPS) is 39.6. The average Bonchev–Trinajstić information content (AvgIpc) is 3.24. The van der Waals surface area contributed by atoms with Crippen molar-refractivity contribution in [3.63, 3.8) is 0 Å². The van der Waals surface area contributed by atoms with Crippen LogP contribution < -0.4 is 0 Å². The van der Waals surface area contributed by atoms with E-state index in [9.17, 15) is 14.7 Å². The van der Waals surface area contributed by atoms with Crippen LogP contribution in [0.1, 0.15) is 57.4 Å². The number of hydrogen-bond donors (Lipinski definition) is 1. The largest absolute Gasteiger partial charge is 0.457 e. The summed E-state index contributed by atoms with van der Waals surface area (Å²) in [6.07, 6.45) is 2.98. The predicted octanol–water partition coefficient (Wildman–Crippen LogP) is 2.76. The van der Waals surface area contributed by atoms with Crippen molar-refractivity contribution in [3.05, 3.63) is 30.1 Å². The molecule has 1 aliphatic carbocycles. The van der Waals surface area contributed by atoms with Gasteiger partial charge in [-0.3, -0.25) is 0 Å². The van der Waals surface area contributed by atoms with Crippen LogP contribution in [0.25, 0.3) is 0 Å². The molecule has 7 nitrogen and oxygen atoms in total. The van der Waals surface area contributed by atoms with Crippen LogP contribution in [-0.2, 0) is 19.0 Å². The highest BCUT2D eigenvalue weighted by atomic mass is 16.6. The lowest BCUT2D eigenvalue weighted by molar-refractivity contribution is -0.259. The number of aliphatic hydroxyl groups excluding tert-OH is 1. The average molecular weight is 418 g/mol. The van der Waals surface area contributed by atoms with Crippen molar-refractivity contribution >= 4 is 11.9 Å². The van der Waals surface area contributed by atoms with Crippen LogP contribution in [0, 0.1) is 23.7 Å². The minimum atomic E-state index is -0.765. The molecule has 1 N–H and O–H groups in total. The summed E-state index contributed by atoms with van der Waals surface area (Å²) in [6.45, 7) is 7.66. The molecule has 30 heavy (non-hydrogen) atoms. The number of esters is 2. The quantitative estimate of drug-likeness (QED) is 0.736. The van der Waals surface area contributed by atoms with E-state index < -0.39 is 42.0 Å². The molecule has 3 aliphatic rings. The van der Waals surface area contributed by atoms with Crippen molar-refractivity contribution in [2.75, 3.05) is 6.61 Å². The molecule has 2 saturated heterocycles. The summed E-state index contributed by atoms with van der Waals surface area (Å²) >= 11 is 0. The monoisotopic (exact) mass is 417 g/mol. The number of aromatic nitrogens is 1. The predicted molar refractivity (Wildman–Crippen MR) is 107 cm³/mol. The lowest BCUT2D eigenvalue weighted by Crippen LogP contribution is -2.62. The molecular formula is C23H31NO6. The first-order chi connectivity index (χ1) is 14.2. The molecule has 3 heterocycles. The first-order valence-corrected chi connectivity index (χ1v) is 10.9. The maximum Gasteiger partial charge on any atom is 0.357 e. The van der Waals surface area contributed by atoms with Gasteiger partial charge in [0.15, 0.2) is 0 Å². The molecule has 7 atom stereocenters.